The van der Waals surface area contributed by atoms with Crippen molar-refractivity contribution in [1.82, 2.24) is 0 Å². The quantitative estimate of drug-likeness (QED) is 0.0262. The summed E-state index contributed by atoms with van der Waals surface area (Å²) >= 11 is 0. The summed E-state index contributed by atoms with van der Waals surface area (Å²) in [5, 5.41) is 0. The average Bonchev–Trinajstić information content (AvgIpc) is 3.33. The fraction of sp³-hybridized carbons (Fsp3) is 0.754. The molecule has 0 N–H and O–H groups in total. The van der Waals surface area contributed by atoms with Gasteiger partial charge in [0.1, 0.15) is 13.2 Å². The van der Waals surface area contributed by atoms with E-state index in [2.05, 4.69) is 93.7 Å². The van der Waals surface area contributed by atoms with Gasteiger partial charge in [0.15, 0.2) is 6.10 Å². The maximum Gasteiger partial charge on any atom is 0.306 e. The van der Waals surface area contributed by atoms with Crippen molar-refractivity contribution in [3.8, 4) is 0 Å². The van der Waals surface area contributed by atoms with Crippen molar-refractivity contribution in [3.05, 3.63) is 72.9 Å². The molecule has 0 fully saturated rings. The molecule has 0 bridgehead atoms. The number of ether oxygens (including phenoxy) is 3. The minimum absolute atomic E-state index is 0.0799. The standard InChI is InChI=1S/C61H106O6/c1-4-7-10-13-16-19-22-25-26-27-28-29-30-31-32-33-34-37-39-42-45-48-51-54-60(63)66-57-58(67-61(64)55-52-49-46-43-40-36-24-21-18-15-12-9-6-3)56-65-59(62)53-50-47-44-41-38-35-23-20-17-14-11-8-5-2/h7,10,12,15-16,19,21,24-26,28-29,58H,4-6,8-9,11,13-14,17-18,20,22-23,27,30-57H2,1-3H3/b10-7-,15-12-,19-16-,24-21-,26-25-,29-28-. The molecule has 0 aromatic rings. The second kappa shape index (κ2) is 55.4. The van der Waals surface area contributed by atoms with Crippen LogP contribution >= 0.6 is 0 Å². The Kier molecular flexibility index (Phi) is 52.8. The predicted molar refractivity (Wildman–Crippen MR) is 288 cm³/mol. The summed E-state index contributed by atoms with van der Waals surface area (Å²) in [5.41, 5.74) is 0. The fourth-order valence-corrected chi connectivity index (χ4v) is 7.94. The largest absolute Gasteiger partial charge is 0.462 e. The Balaban J connectivity index is 4.30. The van der Waals surface area contributed by atoms with Gasteiger partial charge in [-0.25, -0.2) is 0 Å². The van der Waals surface area contributed by atoms with Gasteiger partial charge in [-0.15, -0.1) is 0 Å². The van der Waals surface area contributed by atoms with E-state index in [0.29, 0.717) is 19.3 Å². The summed E-state index contributed by atoms with van der Waals surface area (Å²) in [6.45, 7) is 6.46. The van der Waals surface area contributed by atoms with Crippen molar-refractivity contribution in [2.24, 2.45) is 0 Å². The molecule has 0 aromatic heterocycles. The van der Waals surface area contributed by atoms with Crippen LogP contribution in [0.4, 0.5) is 0 Å². The lowest BCUT2D eigenvalue weighted by atomic mass is 10.0. The number of carbonyl (C=O) groups excluding carboxylic acids is 3. The SMILES string of the molecule is CC/C=C\C/C=C\C/C=C\C/C=C\CCCCCCCCCCCCC(=O)OCC(COC(=O)CCCCCCCCCCCCCCC)OC(=O)CCCCCCC/C=C\C/C=C\CCC. The minimum Gasteiger partial charge on any atom is -0.462 e. The molecule has 1 atom stereocenters. The minimum atomic E-state index is -0.782. The van der Waals surface area contributed by atoms with Gasteiger partial charge in [0, 0.05) is 19.3 Å². The Hall–Kier alpha value is -3.15. The molecule has 6 heteroatoms. The van der Waals surface area contributed by atoms with Crippen LogP contribution in [0.15, 0.2) is 72.9 Å². The van der Waals surface area contributed by atoms with Crippen LogP contribution in [0.5, 0.6) is 0 Å². The van der Waals surface area contributed by atoms with Crippen LogP contribution < -0.4 is 0 Å². The molecule has 0 aliphatic rings. The van der Waals surface area contributed by atoms with Crippen LogP contribution in [-0.4, -0.2) is 37.2 Å². The zero-order valence-electron chi connectivity index (χ0n) is 44.2. The molecular formula is C61H106O6. The fourth-order valence-electron chi connectivity index (χ4n) is 7.94. The van der Waals surface area contributed by atoms with Crippen molar-refractivity contribution >= 4 is 17.9 Å². The normalized spacial score (nSPS) is 12.6. The first-order valence-electron chi connectivity index (χ1n) is 28.4. The van der Waals surface area contributed by atoms with Gasteiger partial charge in [0.25, 0.3) is 0 Å². The average molecular weight is 936 g/mol. The van der Waals surface area contributed by atoms with Crippen molar-refractivity contribution in [2.75, 3.05) is 13.2 Å². The number of rotatable bonds is 51. The molecule has 6 nitrogen and oxygen atoms in total. The van der Waals surface area contributed by atoms with Gasteiger partial charge in [-0.2, -0.15) is 0 Å². The summed E-state index contributed by atoms with van der Waals surface area (Å²) in [6, 6.07) is 0. The monoisotopic (exact) mass is 935 g/mol. The van der Waals surface area contributed by atoms with Crippen molar-refractivity contribution in [1.29, 1.82) is 0 Å². The molecule has 0 amide bonds. The number of unbranched alkanes of at least 4 members (excludes halogenated alkanes) is 28. The van der Waals surface area contributed by atoms with Crippen LogP contribution in [-0.2, 0) is 28.6 Å². The van der Waals surface area contributed by atoms with E-state index in [4.69, 9.17) is 14.2 Å². The molecule has 0 saturated heterocycles. The van der Waals surface area contributed by atoms with E-state index >= 15 is 0 Å². The van der Waals surface area contributed by atoms with E-state index in [0.717, 1.165) is 116 Å². The molecule has 0 heterocycles. The maximum absolute atomic E-state index is 12.8. The molecule has 0 aliphatic heterocycles. The van der Waals surface area contributed by atoms with Gasteiger partial charge in [-0.3, -0.25) is 14.4 Å². The highest BCUT2D eigenvalue weighted by Gasteiger charge is 2.19. The first-order chi connectivity index (χ1) is 33.0. The van der Waals surface area contributed by atoms with Gasteiger partial charge in [-0.05, 0) is 83.5 Å². The Bertz CT molecular complexity index is 1260. The molecule has 1 unspecified atom stereocenters. The highest BCUT2D eigenvalue weighted by molar-refractivity contribution is 5.71. The first kappa shape index (κ1) is 63.8. The number of allylic oxidation sites excluding steroid dienone is 12. The lowest BCUT2D eigenvalue weighted by molar-refractivity contribution is -0.167. The zero-order valence-corrected chi connectivity index (χ0v) is 44.2. The number of hydrogen-bond acceptors (Lipinski definition) is 6. The van der Waals surface area contributed by atoms with E-state index in [1.54, 1.807) is 0 Å². The second-order valence-electron chi connectivity index (χ2n) is 18.8. The van der Waals surface area contributed by atoms with E-state index in [1.165, 1.54) is 122 Å². The molecule has 0 rings (SSSR count). The van der Waals surface area contributed by atoms with Gasteiger partial charge in [-0.1, -0.05) is 248 Å². The van der Waals surface area contributed by atoms with Gasteiger partial charge >= 0.3 is 17.9 Å². The molecule has 0 aliphatic carbocycles. The lowest BCUT2D eigenvalue weighted by Gasteiger charge is -2.18. The van der Waals surface area contributed by atoms with E-state index in [9.17, 15) is 14.4 Å². The summed E-state index contributed by atoms with van der Waals surface area (Å²) < 4.78 is 16.8. The summed E-state index contributed by atoms with van der Waals surface area (Å²) in [4.78, 5) is 38.1. The van der Waals surface area contributed by atoms with Gasteiger partial charge in [0.2, 0.25) is 0 Å². The molecule has 0 spiro atoms. The van der Waals surface area contributed by atoms with Crippen molar-refractivity contribution in [2.45, 2.75) is 284 Å². The highest BCUT2D eigenvalue weighted by Crippen LogP contribution is 2.16. The highest BCUT2D eigenvalue weighted by atomic mass is 16.6. The van der Waals surface area contributed by atoms with Crippen molar-refractivity contribution in [3.63, 3.8) is 0 Å². The van der Waals surface area contributed by atoms with E-state index in [1.807, 2.05) is 0 Å². The first-order valence-corrected chi connectivity index (χ1v) is 28.4. The molecule has 0 radical (unpaired) electrons. The third-order valence-corrected chi connectivity index (χ3v) is 12.2. The van der Waals surface area contributed by atoms with E-state index in [-0.39, 0.29) is 31.1 Å². The predicted octanol–water partition coefficient (Wildman–Crippen LogP) is 19.0. The number of carbonyl (C=O) groups is 3. The van der Waals surface area contributed by atoms with Crippen LogP contribution in [0.25, 0.3) is 0 Å². The molecule has 0 aromatic carbocycles. The molecular weight excluding hydrogens is 829 g/mol. The Morgan fingerprint density at radius 1 is 0.313 bits per heavy atom. The van der Waals surface area contributed by atoms with Gasteiger partial charge < -0.3 is 14.2 Å². The van der Waals surface area contributed by atoms with Crippen LogP contribution in [0.3, 0.4) is 0 Å². The Labute approximate surface area is 414 Å². The third kappa shape index (κ3) is 53.7. The number of hydrogen-bond donors (Lipinski definition) is 0. The van der Waals surface area contributed by atoms with Crippen molar-refractivity contribution < 1.29 is 28.6 Å². The molecule has 67 heavy (non-hydrogen) atoms. The van der Waals surface area contributed by atoms with Crippen LogP contribution in [0.2, 0.25) is 0 Å². The van der Waals surface area contributed by atoms with E-state index < -0.39 is 6.10 Å². The maximum atomic E-state index is 12.8. The third-order valence-electron chi connectivity index (χ3n) is 12.2. The zero-order chi connectivity index (χ0) is 48.6. The summed E-state index contributed by atoms with van der Waals surface area (Å²) in [7, 11) is 0. The number of esters is 3. The molecule has 0 saturated carbocycles. The van der Waals surface area contributed by atoms with Gasteiger partial charge in [0.05, 0.1) is 0 Å². The topological polar surface area (TPSA) is 78.9 Å². The Morgan fingerprint density at radius 2 is 0.612 bits per heavy atom. The summed E-state index contributed by atoms with van der Waals surface area (Å²) in [5.74, 6) is -0.891. The molecule has 386 valence electrons. The van der Waals surface area contributed by atoms with Crippen LogP contribution in [0.1, 0.15) is 278 Å². The lowest BCUT2D eigenvalue weighted by Crippen LogP contribution is -2.30. The second-order valence-corrected chi connectivity index (χ2v) is 18.8. The Morgan fingerprint density at radius 3 is 0.970 bits per heavy atom. The smallest absolute Gasteiger partial charge is 0.306 e. The summed E-state index contributed by atoms with van der Waals surface area (Å²) in [6.07, 6.45) is 70.3. The van der Waals surface area contributed by atoms with Crippen LogP contribution in [0, 0.1) is 0 Å².